The molecule has 0 aliphatic heterocycles. The third-order valence-corrected chi connectivity index (χ3v) is 3.74. The molecule has 1 N–H and O–H groups in total. The number of hydrogen-bond acceptors (Lipinski definition) is 3. The molecular formula is C14H18N2O. The summed E-state index contributed by atoms with van der Waals surface area (Å²) < 4.78 is 0. The molecule has 1 aliphatic carbocycles. The van der Waals surface area contributed by atoms with Crippen molar-refractivity contribution in [1.82, 2.24) is 4.98 Å². The zero-order valence-corrected chi connectivity index (χ0v) is 9.97. The first-order valence-corrected chi connectivity index (χ1v) is 6.28. The van der Waals surface area contributed by atoms with Crippen LogP contribution in [0.15, 0.2) is 24.5 Å². The van der Waals surface area contributed by atoms with E-state index in [0.29, 0.717) is 0 Å². The summed E-state index contributed by atoms with van der Waals surface area (Å²) in [4.78, 5) is 4.02. The fourth-order valence-electron chi connectivity index (χ4n) is 2.66. The molecule has 1 saturated carbocycles. The zero-order valence-electron chi connectivity index (χ0n) is 9.97. The van der Waals surface area contributed by atoms with Crippen molar-refractivity contribution in [1.29, 1.82) is 5.26 Å². The molecular weight excluding hydrogens is 212 g/mol. The van der Waals surface area contributed by atoms with Gasteiger partial charge in [0.15, 0.2) is 0 Å². The summed E-state index contributed by atoms with van der Waals surface area (Å²) in [6.07, 6.45) is 8.62. The molecule has 3 heteroatoms. The van der Waals surface area contributed by atoms with Crippen molar-refractivity contribution < 1.29 is 5.11 Å². The monoisotopic (exact) mass is 230 g/mol. The summed E-state index contributed by atoms with van der Waals surface area (Å²) >= 11 is 0. The molecule has 1 heterocycles. The average Bonchev–Trinajstić information content (AvgIpc) is 2.65. The number of rotatable bonds is 2. The van der Waals surface area contributed by atoms with Gasteiger partial charge in [-0.15, -0.1) is 0 Å². The van der Waals surface area contributed by atoms with Gasteiger partial charge in [-0.3, -0.25) is 4.98 Å². The van der Waals surface area contributed by atoms with Gasteiger partial charge in [0.2, 0.25) is 0 Å². The second-order valence-electron chi connectivity index (χ2n) is 4.87. The normalized spacial score (nSPS) is 21.2. The molecule has 1 aromatic rings. The second kappa shape index (κ2) is 5.29. The molecule has 0 aromatic carbocycles. The van der Waals surface area contributed by atoms with Crippen molar-refractivity contribution in [2.45, 2.75) is 44.6 Å². The fourth-order valence-corrected chi connectivity index (χ4v) is 2.66. The first kappa shape index (κ1) is 12.1. The predicted octanol–water partition coefficient (Wildman–Crippen LogP) is 2.98. The van der Waals surface area contributed by atoms with E-state index in [-0.39, 0.29) is 0 Å². The zero-order chi connectivity index (χ0) is 12.1. The highest BCUT2D eigenvalue weighted by Crippen LogP contribution is 2.44. The SMILES string of the molecule is N#CC1(C(O)c2cccnc2)CCCCCC1. The number of hydrogen-bond donors (Lipinski definition) is 1. The minimum Gasteiger partial charge on any atom is -0.387 e. The first-order valence-electron chi connectivity index (χ1n) is 6.28. The Hall–Kier alpha value is -1.40. The molecule has 90 valence electrons. The molecule has 1 aliphatic rings. The van der Waals surface area contributed by atoms with Crippen LogP contribution in [0.1, 0.15) is 50.2 Å². The van der Waals surface area contributed by atoms with Crippen molar-refractivity contribution in [3.63, 3.8) is 0 Å². The summed E-state index contributed by atoms with van der Waals surface area (Å²) in [5.41, 5.74) is 0.149. The smallest absolute Gasteiger partial charge is 0.0991 e. The molecule has 1 atom stereocenters. The maximum atomic E-state index is 10.5. The van der Waals surface area contributed by atoms with Gasteiger partial charge in [0, 0.05) is 18.0 Å². The van der Waals surface area contributed by atoms with Crippen molar-refractivity contribution in [3.8, 4) is 6.07 Å². The highest BCUT2D eigenvalue weighted by Gasteiger charge is 2.39. The van der Waals surface area contributed by atoms with Crippen molar-refractivity contribution in [2.24, 2.45) is 5.41 Å². The fraction of sp³-hybridized carbons (Fsp3) is 0.571. The topological polar surface area (TPSA) is 56.9 Å². The molecule has 0 saturated heterocycles. The van der Waals surface area contributed by atoms with Crippen LogP contribution in [-0.2, 0) is 0 Å². The average molecular weight is 230 g/mol. The number of aliphatic hydroxyl groups excluding tert-OH is 1. The minimum absolute atomic E-state index is 0.612. The number of aromatic nitrogens is 1. The summed E-state index contributed by atoms with van der Waals surface area (Å²) in [5, 5.41) is 19.9. The Bertz CT molecular complexity index is 388. The molecule has 0 radical (unpaired) electrons. The summed E-state index contributed by atoms with van der Waals surface area (Å²) in [5.74, 6) is 0. The molecule has 1 fully saturated rings. The predicted molar refractivity (Wildman–Crippen MR) is 64.9 cm³/mol. The lowest BCUT2D eigenvalue weighted by Crippen LogP contribution is -2.27. The lowest BCUT2D eigenvalue weighted by Gasteiger charge is -2.30. The van der Waals surface area contributed by atoms with Crippen molar-refractivity contribution >= 4 is 0 Å². The molecule has 0 bridgehead atoms. The molecule has 0 spiro atoms. The van der Waals surface area contributed by atoms with Crippen molar-refractivity contribution in [3.05, 3.63) is 30.1 Å². The van der Waals surface area contributed by atoms with E-state index in [9.17, 15) is 10.4 Å². The molecule has 1 aromatic heterocycles. The third kappa shape index (κ3) is 2.48. The first-order chi connectivity index (χ1) is 8.28. The Morgan fingerprint density at radius 1 is 1.29 bits per heavy atom. The van der Waals surface area contributed by atoms with Crippen LogP contribution in [0.3, 0.4) is 0 Å². The van der Waals surface area contributed by atoms with Crippen LogP contribution in [-0.4, -0.2) is 10.1 Å². The van der Waals surface area contributed by atoms with Crippen LogP contribution in [0.4, 0.5) is 0 Å². The second-order valence-corrected chi connectivity index (χ2v) is 4.87. The largest absolute Gasteiger partial charge is 0.387 e. The van der Waals surface area contributed by atoms with Gasteiger partial charge < -0.3 is 5.11 Å². The van der Waals surface area contributed by atoms with Gasteiger partial charge in [0.1, 0.15) is 0 Å². The third-order valence-electron chi connectivity index (χ3n) is 3.74. The van der Waals surface area contributed by atoms with E-state index in [1.54, 1.807) is 18.5 Å². The Morgan fingerprint density at radius 3 is 2.53 bits per heavy atom. The van der Waals surface area contributed by atoms with Crippen LogP contribution >= 0.6 is 0 Å². The van der Waals surface area contributed by atoms with E-state index in [1.807, 2.05) is 6.07 Å². The number of nitrogens with zero attached hydrogens (tertiary/aromatic N) is 2. The maximum Gasteiger partial charge on any atom is 0.0991 e. The molecule has 2 rings (SSSR count). The van der Waals surface area contributed by atoms with Crippen LogP contribution in [0, 0.1) is 16.7 Å². The van der Waals surface area contributed by atoms with Gasteiger partial charge >= 0.3 is 0 Å². The molecule has 3 nitrogen and oxygen atoms in total. The Morgan fingerprint density at radius 2 is 2.00 bits per heavy atom. The van der Waals surface area contributed by atoms with Gasteiger partial charge in [0.05, 0.1) is 17.6 Å². The molecule has 0 amide bonds. The van der Waals surface area contributed by atoms with E-state index in [4.69, 9.17) is 0 Å². The van der Waals surface area contributed by atoms with Crippen LogP contribution in [0.2, 0.25) is 0 Å². The summed E-state index contributed by atoms with van der Waals surface area (Å²) in [6, 6.07) is 6.03. The van der Waals surface area contributed by atoms with Gasteiger partial charge in [-0.1, -0.05) is 31.7 Å². The van der Waals surface area contributed by atoms with E-state index in [0.717, 1.165) is 31.2 Å². The number of pyridine rings is 1. The summed E-state index contributed by atoms with van der Waals surface area (Å²) in [6.45, 7) is 0. The van der Waals surface area contributed by atoms with E-state index < -0.39 is 11.5 Å². The Labute approximate surface area is 102 Å². The molecule has 1 unspecified atom stereocenters. The lowest BCUT2D eigenvalue weighted by molar-refractivity contribution is 0.0514. The van der Waals surface area contributed by atoms with Crippen molar-refractivity contribution in [2.75, 3.05) is 0 Å². The van der Waals surface area contributed by atoms with Gasteiger partial charge in [0.25, 0.3) is 0 Å². The highest BCUT2D eigenvalue weighted by atomic mass is 16.3. The summed E-state index contributed by atoms with van der Waals surface area (Å²) in [7, 11) is 0. The Kier molecular flexibility index (Phi) is 3.75. The van der Waals surface area contributed by atoms with E-state index in [2.05, 4.69) is 11.1 Å². The van der Waals surface area contributed by atoms with Crippen LogP contribution in [0.25, 0.3) is 0 Å². The maximum absolute atomic E-state index is 10.5. The van der Waals surface area contributed by atoms with Crippen LogP contribution in [0.5, 0.6) is 0 Å². The van der Waals surface area contributed by atoms with Gasteiger partial charge in [-0.25, -0.2) is 0 Å². The van der Waals surface area contributed by atoms with Gasteiger partial charge in [-0.05, 0) is 18.9 Å². The van der Waals surface area contributed by atoms with Crippen LogP contribution < -0.4 is 0 Å². The quantitative estimate of drug-likeness (QED) is 0.794. The van der Waals surface area contributed by atoms with E-state index in [1.165, 1.54) is 12.8 Å². The standard InChI is InChI=1S/C14H18N2O/c15-11-14(7-3-1-2-4-8-14)13(17)12-6-5-9-16-10-12/h5-6,9-10,13,17H,1-4,7-8H2. The van der Waals surface area contributed by atoms with E-state index >= 15 is 0 Å². The number of nitriles is 1. The minimum atomic E-state index is -0.709. The van der Waals surface area contributed by atoms with Gasteiger partial charge in [-0.2, -0.15) is 5.26 Å². The number of aliphatic hydroxyl groups is 1. The Balaban J connectivity index is 2.25. The molecule has 17 heavy (non-hydrogen) atoms. The highest BCUT2D eigenvalue weighted by molar-refractivity contribution is 5.19. The lowest BCUT2D eigenvalue weighted by atomic mass is 9.74.